The summed E-state index contributed by atoms with van der Waals surface area (Å²) in [5, 5.41) is 10.7. The molecule has 18 heavy (non-hydrogen) atoms. The van der Waals surface area contributed by atoms with E-state index in [4.69, 9.17) is 0 Å². The van der Waals surface area contributed by atoms with Gasteiger partial charge < -0.3 is 5.11 Å². The second-order valence-corrected chi connectivity index (χ2v) is 7.62. The number of aliphatic hydroxyl groups excluding tert-OH is 1. The highest BCUT2D eigenvalue weighted by Crippen LogP contribution is 2.30. The van der Waals surface area contributed by atoms with Crippen molar-refractivity contribution in [3.63, 3.8) is 0 Å². The Balaban J connectivity index is 1.97. The van der Waals surface area contributed by atoms with Crippen LogP contribution >= 0.6 is 11.8 Å². The van der Waals surface area contributed by atoms with E-state index in [1.54, 1.807) is 0 Å². The number of rotatable bonds is 3. The SMILES string of the molecule is CC(C)(C)c1ccc(CC(O)C2CCCS2)cc1. The topological polar surface area (TPSA) is 20.2 Å². The summed E-state index contributed by atoms with van der Waals surface area (Å²) in [6.45, 7) is 6.68. The van der Waals surface area contributed by atoms with E-state index in [1.807, 2.05) is 11.8 Å². The van der Waals surface area contributed by atoms with Gasteiger partial charge in [0.25, 0.3) is 0 Å². The van der Waals surface area contributed by atoms with E-state index in [-0.39, 0.29) is 11.5 Å². The molecule has 2 heteroatoms. The van der Waals surface area contributed by atoms with Crippen LogP contribution in [0.15, 0.2) is 24.3 Å². The summed E-state index contributed by atoms with van der Waals surface area (Å²) in [4.78, 5) is 0. The molecule has 0 amide bonds. The Morgan fingerprint density at radius 1 is 1.28 bits per heavy atom. The van der Waals surface area contributed by atoms with Gasteiger partial charge in [0.2, 0.25) is 0 Å². The van der Waals surface area contributed by atoms with Crippen LogP contribution in [-0.2, 0) is 11.8 Å². The lowest BCUT2D eigenvalue weighted by Crippen LogP contribution is -2.23. The molecule has 100 valence electrons. The molecule has 0 aliphatic carbocycles. The Morgan fingerprint density at radius 3 is 2.44 bits per heavy atom. The van der Waals surface area contributed by atoms with E-state index in [2.05, 4.69) is 45.0 Å². The molecule has 0 aromatic heterocycles. The standard InChI is InChI=1S/C16H24OS/c1-16(2,3)13-8-6-12(7-9-13)11-14(17)15-5-4-10-18-15/h6-9,14-15,17H,4-5,10-11H2,1-3H3. The number of hydrogen-bond acceptors (Lipinski definition) is 2. The predicted octanol–water partition coefficient (Wildman–Crippen LogP) is 3.78. The van der Waals surface area contributed by atoms with Crippen molar-refractivity contribution in [1.82, 2.24) is 0 Å². The molecular formula is C16H24OS. The molecule has 0 bridgehead atoms. The molecule has 1 saturated heterocycles. The van der Waals surface area contributed by atoms with Gasteiger partial charge in [0.15, 0.2) is 0 Å². The first kappa shape index (κ1) is 14.0. The van der Waals surface area contributed by atoms with Gasteiger partial charge in [-0.1, -0.05) is 45.0 Å². The minimum absolute atomic E-state index is 0.182. The molecule has 1 heterocycles. The van der Waals surface area contributed by atoms with E-state index >= 15 is 0 Å². The molecule has 1 aromatic carbocycles. The van der Waals surface area contributed by atoms with Crippen LogP contribution in [0.2, 0.25) is 0 Å². The fraction of sp³-hybridized carbons (Fsp3) is 0.625. The lowest BCUT2D eigenvalue weighted by Gasteiger charge is -2.20. The summed E-state index contributed by atoms with van der Waals surface area (Å²) in [5.74, 6) is 1.21. The van der Waals surface area contributed by atoms with Crippen molar-refractivity contribution in [3.05, 3.63) is 35.4 Å². The number of benzene rings is 1. The van der Waals surface area contributed by atoms with Gasteiger partial charge in [-0.05, 0) is 41.6 Å². The van der Waals surface area contributed by atoms with Crippen LogP contribution in [0.5, 0.6) is 0 Å². The van der Waals surface area contributed by atoms with Crippen LogP contribution in [0.3, 0.4) is 0 Å². The molecule has 1 N–H and O–H groups in total. The average Bonchev–Trinajstić information content (AvgIpc) is 2.82. The maximum atomic E-state index is 10.2. The fourth-order valence-electron chi connectivity index (χ4n) is 2.42. The summed E-state index contributed by atoms with van der Waals surface area (Å²) >= 11 is 1.93. The van der Waals surface area contributed by atoms with Crippen molar-refractivity contribution in [3.8, 4) is 0 Å². The highest BCUT2D eigenvalue weighted by Gasteiger charge is 2.24. The predicted molar refractivity (Wildman–Crippen MR) is 80.3 cm³/mol. The van der Waals surface area contributed by atoms with Crippen molar-refractivity contribution in [2.24, 2.45) is 0 Å². The second-order valence-electron chi connectivity index (χ2n) is 6.27. The quantitative estimate of drug-likeness (QED) is 0.896. The van der Waals surface area contributed by atoms with E-state index in [1.165, 1.54) is 29.7 Å². The van der Waals surface area contributed by atoms with Crippen LogP contribution in [0.4, 0.5) is 0 Å². The molecular weight excluding hydrogens is 240 g/mol. The van der Waals surface area contributed by atoms with Gasteiger partial charge in [-0.15, -0.1) is 0 Å². The Kier molecular flexibility index (Phi) is 4.39. The Hall–Kier alpha value is -0.470. The monoisotopic (exact) mass is 264 g/mol. The van der Waals surface area contributed by atoms with Gasteiger partial charge in [-0.25, -0.2) is 0 Å². The van der Waals surface area contributed by atoms with Crippen LogP contribution in [0.1, 0.15) is 44.7 Å². The van der Waals surface area contributed by atoms with E-state index in [0.717, 1.165) is 6.42 Å². The first-order valence-corrected chi connectivity index (χ1v) is 7.91. The molecule has 1 nitrogen and oxygen atoms in total. The molecule has 0 spiro atoms. The first-order valence-electron chi connectivity index (χ1n) is 6.86. The zero-order valence-corrected chi connectivity index (χ0v) is 12.5. The third kappa shape index (κ3) is 3.52. The third-order valence-corrected chi connectivity index (χ3v) is 5.16. The summed E-state index contributed by atoms with van der Waals surface area (Å²) in [6.07, 6.45) is 3.04. The minimum Gasteiger partial charge on any atom is -0.392 e. The van der Waals surface area contributed by atoms with Gasteiger partial charge in [-0.3, -0.25) is 0 Å². The maximum absolute atomic E-state index is 10.2. The second kappa shape index (κ2) is 5.66. The van der Waals surface area contributed by atoms with Crippen molar-refractivity contribution >= 4 is 11.8 Å². The van der Waals surface area contributed by atoms with Gasteiger partial charge in [-0.2, -0.15) is 11.8 Å². The van der Waals surface area contributed by atoms with Gasteiger partial charge in [0.1, 0.15) is 0 Å². The molecule has 1 aliphatic rings. The first-order chi connectivity index (χ1) is 8.47. The Labute approximate surface area is 115 Å². The third-order valence-electron chi connectivity index (χ3n) is 3.66. The minimum atomic E-state index is -0.182. The number of aliphatic hydroxyl groups is 1. The molecule has 0 saturated carbocycles. The fourth-order valence-corrected chi connectivity index (χ4v) is 3.71. The van der Waals surface area contributed by atoms with Crippen molar-refractivity contribution in [2.45, 2.75) is 56.8 Å². The lowest BCUT2D eigenvalue weighted by atomic mass is 9.86. The largest absolute Gasteiger partial charge is 0.392 e. The molecule has 1 fully saturated rings. The van der Waals surface area contributed by atoms with E-state index in [9.17, 15) is 5.11 Å². The van der Waals surface area contributed by atoms with Crippen LogP contribution in [-0.4, -0.2) is 22.2 Å². The van der Waals surface area contributed by atoms with Crippen LogP contribution in [0, 0.1) is 0 Å². The smallest absolute Gasteiger partial charge is 0.0699 e. The number of thioether (sulfide) groups is 1. The molecule has 0 radical (unpaired) electrons. The molecule has 1 aliphatic heterocycles. The van der Waals surface area contributed by atoms with Crippen LogP contribution in [0.25, 0.3) is 0 Å². The van der Waals surface area contributed by atoms with E-state index < -0.39 is 0 Å². The molecule has 2 atom stereocenters. The zero-order valence-electron chi connectivity index (χ0n) is 11.6. The normalized spacial score (nSPS) is 22.1. The average molecular weight is 264 g/mol. The summed E-state index contributed by atoms with van der Waals surface area (Å²) in [7, 11) is 0. The van der Waals surface area contributed by atoms with Gasteiger partial charge in [0.05, 0.1) is 6.10 Å². The summed E-state index contributed by atoms with van der Waals surface area (Å²) < 4.78 is 0. The number of hydrogen-bond donors (Lipinski definition) is 1. The zero-order chi connectivity index (χ0) is 13.2. The Morgan fingerprint density at radius 2 is 1.94 bits per heavy atom. The summed E-state index contributed by atoms with van der Waals surface area (Å²) in [5.41, 5.74) is 2.82. The van der Waals surface area contributed by atoms with Gasteiger partial charge >= 0.3 is 0 Å². The maximum Gasteiger partial charge on any atom is 0.0699 e. The van der Waals surface area contributed by atoms with Gasteiger partial charge in [0, 0.05) is 5.25 Å². The molecule has 2 rings (SSSR count). The highest BCUT2D eigenvalue weighted by atomic mass is 32.2. The highest BCUT2D eigenvalue weighted by molar-refractivity contribution is 8.00. The molecule has 1 aromatic rings. The van der Waals surface area contributed by atoms with Crippen molar-refractivity contribution < 1.29 is 5.11 Å². The van der Waals surface area contributed by atoms with Crippen molar-refractivity contribution in [1.29, 1.82) is 0 Å². The van der Waals surface area contributed by atoms with Crippen LogP contribution < -0.4 is 0 Å². The summed E-state index contributed by atoms with van der Waals surface area (Å²) in [6, 6.07) is 8.74. The molecule has 2 unspecified atom stereocenters. The lowest BCUT2D eigenvalue weighted by molar-refractivity contribution is 0.170. The van der Waals surface area contributed by atoms with Crippen molar-refractivity contribution in [2.75, 3.05) is 5.75 Å². The Bertz CT molecular complexity index is 371. The van der Waals surface area contributed by atoms with E-state index in [0.29, 0.717) is 5.25 Å².